The predicted molar refractivity (Wildman–Crippen MR) is 156 cm³/mol. The van der Waals surface area contributed by atoms with Gasteiger partial charge in [0.25, 0.3) is 0 Å². The van der Waals surface area contributed by atoms with Crippen LogP contribution in [0.5, 0.6) is 0 Å². The van der Waals surface area contributed by atoms with Crippen molar-refractivity contribution in [3.8, 4) is 22.4 Å². The van der Waals surface area contributed by atoms with Gasteiger partial charge in [-0.2, -0.15) is 4.57 Å². The van der Waals surface area contributed by atoms with Crippen LogP contribution >= 0.6 is 0 Å². The van der Waals surface area contributed by atoms with Crippen molar-refractivity contribution < 1.29 is 4.57 Å². The molecule has 5 aromatic rings. The quantitative estimate of drug-likeness (QED) is 0.221. The van der Waals surface area contributed by atoms with Crippen molar-refractivity contribution in [2.24, 2.45) is 0 Å². The average molecular weight is 478 g/mol. The normalized spacial score (nSPS) is 13.5. The molecule has 1 atom stereocenters. The first-order chi connectivity index (χ1) is 18.2. The Balaban J connectivity index is 1.38. The predicted octanol–water partition coefficient (Wildman–Crippen LogP) is 8.99. The van der Waals surface area contributed by atoms with Crippen LogP contribution in [0.3, 0.4) is 0 Å². The average Bonchev–Trinajstić information content (AvgIpc) is 3.25. The summed E-state index contributed by atoms with van der Waals surface area (Å²) in [5.74, 6) is 0. The minimum atomic E-state index is 0.358. The van der Waals surface area contributed by atoms with Gasteiger partial charge < -0.3 is 4.90 Å². The summed E-state index contributed by atoms with van der Waals surface area (Å²) in [4.78, 5) is 2.28. The van der Waals surface area contributed by atoms with Gasteiger partial charge in [-0.05, 0) is 70.8 Å². The van der Waals surface area contributed by atoms with Gasteiger partial charge >= 0.3 is 0 Å². The zero-order valence-electron chi connectivity index (χ0n) is 21.0. The fourth-order valence-corrected chi connectivity index (χ4v) is 5.26. The highest BCUT2D eigenvalue weighted by Gasteiger charge is 2.32. The SMILES string of the molecule is C=Cc1ccc(N(c2ccc(C=C)cc2)c2ccc(-c3ccc4c(c3)-c3cccc[n+]3C4C)cc2)cc1. The highest BCUT2D eigenvalue weighted by molar-refractivity contribution is 5.80. The Bertz CT molecular complexity index is 1540. The summed E-state index contributed by atoms with van der Waals surface area (Å²) in [6.07, 6.45) is 5.92. The van der Waals surface area contributed by atoms with E-state index in [1.807, 2.05) is 12.2 Å². The molecule has 2 nitrogen and oxygen atoms in total. The fourth-order valence-electron chi connectivity index (χ4n) is 5.26. The molecule has 0 fully saturated rings. The van der Waals surface area contributed by atoms with Crippen LogP contribution in [0.2, 0.25) is 0 Å². The summed E-state index contributed by atoms with van der Waals surface area (Å²) in [5, 5.41) is 0. The number of rotatable bonds is 6. The number of benzene rings is 4. The molecule has 2 heterocycles. The van der Waals surface area contributed by atoms with Gasteiger partial charge in [0.15, 0.2) is 12.2 Å². The maximum absolute atomic E-state index is 3.89. The Morgan fingerprint density at radius 2 is 1.19 bits per heavy atom. The van der Waals surface area contributed by atoms with Crippen LogP contribution in [-0.4, -0.2) is 0 Å². The van der Waals surface area contributed by atoms with Crippen molar-refractivity contribution in [1.29, 1.82) is 0 Å². The lowest BCUT2D eigenvalue weighted by atomic mass is 9.97. The van der Waals surface area contributed by atoms with Crippen LogP contribution in [0, 0.1) is 0 Å². The van der Waals surface area contributed by atoms with E-state index in [1.165, 1.54) is 27.9 Å². The Labute approximate surface area is 219 Å². The second kappa shape index (κ2) is 9.40. The van der Waals surface area contributed by atoms with Gasteiger partial charge in [-0.15, -0.1) is 0 Å². The van der Waals surface area contributed by atoms with Crippen LogP contribution in [0.4, 0.5) is 17.1 Å². The molecule has 0 aliphatic carbocycles. The van der Waals surface area contributed by atoms with Gasteiger partial charge in [0, 0.05) is 41.7 Å². The van der Waals surface area contributed by atoms with Gasteiger partial charge in [-0.25, -0.2) is 0 Å². The first kappa shape index (κ1) is 22.8. The first-order valence-electron chi connectivity index (χ1n) is 12.7. The van der Waals surface area contributed by atoms with E-state index >= 15 is 0 Å². The van der Waals surface area contributed by atoms with Crippen molar-refractivity contribution >= 4 is 29.2 Å². The Hall–Kier alpha value is -4.69. The molecule has 4 aromatic carbocycles. The van der Waals surface area contributed by atoms with Gasteiger partial charge in [0.05, 0.1) is 5.56 Å². The Kier molecular flexibility index (Phi) is 5.78. The molecular weight excluding hydrogens is 448 g/mol. The molecule has 0 radical (unpaired) electrons. The number of hydrogen-bond donors (Lipinski definition) is 0. The lowest BCUT2D eigenvalue weighted by Crippen LogP contribution is -2.35. The third kappa shape index (κ3) is 4.07. The molecular formula is C35H29N2+. The van der Waals surface area contributed by atoms with Crippen molar-refractivity contribution in [3.05, 3.63) is 145 Å². The lowest BCUT2D eigenvalue weighted by Gasteiger charge is -2.26. The van der Waals surface area contributed by atoms with Crippen molar-refractivity contribution in [1.82, 2.24) is 0 Å². The van der Waals surface area contributed by atoms with Crippen molar-refractivity contribution in [3.63, 3.8) is 0 Å². The molecule has 2 heteroatoms. The molecule has 0 bridgehead atoms. The van der Waals surface area contributed by atoms with Crippen LogP contribution in [0.15, 0.2) is 129 Å². The smallest absolute Gasteiger partial charge is 0.213 e. The third-order valence-corrected chi connectivity index (χ3v) is 7.32. The Morgan fingerprint density at radius 1 is 0.649 bits per heavy atom. The summed E-state index contributed by atoms with van der Waals surface area (Å²) in [5.41, 5.74) is 11.9. The number of aromatic nitrogens is 1. The van der Waals surface area contributed by atoms with E-state index in [9.17, 15) is 0 Å². The van der Waals surface area contributed by atoms with E-state index in [1.54, 1.807) is 0 Å². The maximum atomic E-state index is 3.89. The number of hydrogen-bond acceptors (Lipinski definition) is 1. The highest BCUT2D eigenvalue weighted by atomic mass is 15.1. The van der Waals surface area contributed by atoms with E-state index in [-0.39, 0.29) is 0 Å². The van der Waals surface area contributed by atoms with Crippen molar-refractivity contribution in [2.45, 2.75) is 13.0 Å². The minimum absolute atomic E-state index is 0.358. The largest absolute Gasteiger partial charge is 0.311 e. The molecule has 0 saturated heterocycles. The molecule has 0 amide bonds. The second-order valence-corrected chi connectivity index (χ2v) is 9.44. The molecule has 0 saturated carbocycles. The van der Waals surface area contributed by atoms with Crippen LogP contribution in [0.1, 0.15) is 29.7 Å². The van der Waals surface area contributed by atoms with Crippen LogP contribution in [-0.2, 0) is 0 Å². The minimum Gasteiger partial charge on any atom is -0.311 e. The molecule has 1 unspecified atom stereocenters. The maximum Gasteiger partial charge on any atom is 0.213 e. The number of fused-ring (bicyclic) bond motifs is 3. The topological polar surface area (TPSA) is 7.12 Å². The Morgan fingerprint density at radius 3 is 1.76 bits per heavy atom. The molecule has 1 aliphatic heterocycles. The van der Waals surface area contributed by atoms with Crippen LogP contribution in [0.25, 0.3) is 34.5 Å². The summed E-state index contributed by atoms with van der Waals surface area (Å²) in [6, 6.07) is 39.5. The molecule has 6 rings (SSSR count). The summed E-state index contributed by atoms with van der Waals surface area (Å²) >= 11 is 0. The summed E-state index contributed by atoms with van der Waals surface area (Å²) in [6.45, 7) is 10.1. The zero-order chi connectivity index (χ0) is 25.4. The standard InChI is InChI=1S/C35H29N2/c1-4-26-9-16-30(17-10-26)37(31-18-11-27(5-2)12-19-31)32-20-13-28(14-21-32)29-15-22-33-25(3)36-23-7-6-8-35(36)34(33)24-29/h4-25H,1-2H2,3H3/q+1. The number of pyridine rings is 1. The highest BCUT2D eigenvalue weighted by Crippen LogP contribution is 2.38. The van der Waals surface area contributed by atoms with E-state index in [0.717, 1.165) is 28.2 Å². The van der Waals surface area contributed by atoms with E-state index in [0.29, 0.717) is 6.04 Å². The van der Waals surface area contributed by atoms with E-state index in [2.05, 4.69) is 145 Å². The van der Waals surface area contributed by atoms with Crippen LogP contribution < -0.4 is 9.47 Å². The first-order valence-corrected chi connectivity index (χ1v) is 12.7. The van der Waals surface area contributed by atoms with Gasteiger partial charge in [0.2, 0.25) is 5.69 Å². The molecule has 0 N–H and O–H groups in total. The second-order valence-electron chi connectivity index (χ2n) is 9.44. The van der Waals surface area contributed by atoms with E-state index < -0.39 is 0 Å². The zero-order valence-corrected chi connectivity index (χ0v) is 21.0. The summed E-state index contributed by atoms with van der Waals surface area (Å²) < 4.78 is 2.35. The molecule has 1 aliphatic rings. The lowest BCUT2D eigenvalue weighted by molar-refractivity contribution is -0.694. The van der Waals surface area contributed by atoms with E-state index in [4.69, 9.17) is 0 Å². The molecule has 1 aromatic heterocycles. The molecule has 178 valence electrons. The molecule has 0 spiro atoms. The van der Waals surface area contributed by atoms with Gasteiger partial charge in [-0.1, -0.05) is 73.8 Å². The third-order valence-electron chi connectivity index (χ3n) is 7.32. The van der Waals surface area contributed by atoms with Crippen molar-refractivity contribution in [2.75, 3.05) is 4.90 Å². The monoisotopic (exact) mass is 477 g/mol. The van der Waals surface area contributed by atoms with Gasteiger partial charge in [0.1, 0.15) is 0 Å². The number of anilines is 3. The summed E-state index contributed by atoms with van der Waals surface area (Å²) in [7, 11) is 0. The fraction of sp³-hybridized carbons (Fsp3) is 0.0571. The molecule has 37 heavy (non-hydrogen) atoms. The number of nitrogens with zero attached hydrogens (tertiary/aromatic N) is 2. The van der Waals surface area contributed by atoms with Gasteiger partial charge in [-0.3, -0.25) is 0 Å².